The number of benzene rings is 1. The molecule has 0 radical (unpaired) electrons. The lowest BCUT2D eigenvalue weighted by atomic mass is 10.1. The number of anilines is 1. The molecule has 0 aliphatic rings. The van der Waals surface area contributed by atoms with Crippen LogP contribution < -0.4 is 16.8 Å². The number of nitrogens with two attached hydrogens (primary N) is 2. The Kier molecular flexibility index (Phi) is 5.63. The first-order valence-electron chi connectivity index (χ1n) is 6.98. The number of carbonyl (C=O) groups is 1. The van der Waals surface area contributed by atoms with Crippen molar-refractivity contribution in [1.82, 2.24) is 4.98 Å². The molecule has 146 valence electrons. The molecule has 6 nitrogen and oxygen atoms in total. The minimum Gasteiger partial charge on any atom is -0.370 e. The molecule has 0 aliphatic carbocycles. The monoisotopic (exact) mass is 411 g/mol. The quantitative estimate of drug-likeness (QED) is 0.408. The summed E-state index contributed by atoms with van der Waals surface area (Å²) in [6.07, 6.45) is -10.4. The van der Waals surface area contributed by atoms with Gasteiger partial charge in [0.25, 0.3) is 0 Å². The van der Waals surface area contributed by atoms with Crippen molar-refractivity contribution in [2.45, 2.75) is 18.8 Å². The molecule has 1 aromatic carbocycles. The highest BCUT2D eigenvalue weighted by Gasteiger charge is 2.37. The highest BCUT2D eigenvalue weighted by molar-refractivity contribution is 7.13. The number of guanidine groups is 1. The van der Waals surface area contributed by atoms with Gasteiger partial charge >= 0.3 is 12.4 Å². The van der Waals surface area contributed by atoms with E-state index in [9.17, 15) is 31.1 Å². The smallest absolute Gasteiger partial charge is 0.370 e. The van der Waals surface area contributed by atoms with Crippen molar-refractivity contribution in [3.8, 4) is 0 Å². The van der Waals surface area contributed by atoms with Gasteiger partial charge in [-0.15, -0.1) is 11.3 Å². The molecule has 0 saturated heterocycles. The molecule has 1 aromatic heterocycles. The SMILES string of the molecule is NC(N)=Nc1nc(CC(=O)Nc2cc(C(F)(F)F)cc(C(F)(F)F)c2)cs1. The highest BCUT2D eigenvalue weighted by Crippen LogP contribution is 2.37. The molecule has 0 bridgehead atoms. The third-order valence-electron chi connectivity index (χ3n) is 2.98. The van der Waals surface area contributed by atoms with Crippen LogP contribution in [0.4, 0.5) is 37.2 Å². The average molecular weight is 411 g/mol. The van der Waals surface area contributed by atoms with E-state index in [0.717, 1.165) is 11.3 Å². The summed E-state index contributed by atoms with van der Waals surface area (Å²) >= 11 is 1.00. The van der Waals surface area contributed by atoms with E-state index in [2.05, 4.69) is 9.98 Å². The molecule has 1 amide bonds. The van der Waals surface area contributed by atoms with Crippen molar-refractivity contribution >= 4 is 34.0 Å². The number of rotatable bonds is 4. The zero-order chi connectivity index (χ0) is 20.4. The van der Waals surface area contributed by atoms with Crippen molar-refractivity contribution in [3.63, 3.8) is 0 Å². The van der Waals surface area contributed by atoms with Gasteiger partial charge in [-0.1, -0.05) is 0 Å². The largest absolute Gasteiger partial charge is 0.416 e. The first-order chi connectivity index (χ1) is 12.3. The average Bonchev–Trinajstić information content (AvgIpc) is 2.91. The Morgan fingerprint density at radius 3 is 2.11 bits per heavy atom. The molecule has 0 fully saturated rings. The number of amides is 1. The molecule has 1 heterocycles. The number of nitrogens with zero attached hydrogens (tertiary/aromatic N) is 2. The molecule has 0 saturated carbocycles. The van der Waals surface area contributed by atoms with Crippen LogP contribution >= 0.6 is 11.3 Å². The Morgan fingerprint density at radius 2 is 1.63 bits per heavy atom. The Morgan fingerprint density at radius 1 is 1.07 bits per heavy atom. The highest BCUT2D eigenvalue weighted by atomic mass is 32.1. The minimum absolute atomic E-state index is 0.0302. The fraction of sp³-hybridized carbons (Fsp3) is 0.214. The van der Waals surface area contributed by atoms with Crippen LogP contribution in [0.5, 0.6) is 0 Å². The summed E-state index contributed by atoms with van der Waals surface area (Å²) in [4.78, 5) is 19.5. The predicted octanol–water partition coefficient (Wildman–Crippen LogP) is 3.27. The molecular weight excluding hydrogens is 400 g/mol. The van der Waals surface area contributed by atoms with Crippen LogP contribution in [0.1, 0.15) is 16.8 Å². The van der Waals surface area contributed by atoms with Gasteiger partial charge in [0, 0.05) is 11.1 Å². The van der Waals surface area contributed by atoms with Crippen LogP contribution in [0.25, 0.3) is 0 Å². The van der Waals surface area contributed by atoms with Gasteiger partial charge < -0.3 is 16.8 Å². The van der Waals surface area contributed by atoms with Gasteiger partial charge in [-0.2, -0.15) is 31.3 Å². The van der Waals surface area contributed by atoms with Gasteiger partial charge in [-0.25, -0.2) is 4.98 Å². The molecule has 27 heavy (non-hydrogen) atoms. The Bertz CT molecular complexity index is 837. The van der Waals surface area contributed by atoms with E-state index in [1.165, 1.54) is 5.38 Å². The Balaban J connectivity index is 2.21. The van der Waals surface area contributed by atoms with Gasteiger partial charge in [0.15, 0.2) is 5.96 Å². The number of hydrogen-bond donors (Lipinski definition) is 3. The van der Waals surface area contributed by atoms with E-state index in [-0.39, 0.29) is 22.9 Å². The molecule has 2 rings (SSSR count). The number of nitrogens with one attached hydrogen (secondary N) is 1. The van der Waals surface area contributed by atoms with E-state index in [1.54, 1.807) is 0 Å². The molecule has 0 unspecified atom stereocenters. The third kappa shape index (κ3) is 5.84. The summed E-state index contributed by atoms with van der Waals surface area (Å²) in [5, 5.41) is 3.58. The summed E-state index contributed by atoms with van der Waals surface area (Å²) in [5.41, 5.74) is 6.83. The summed E-state index contributed by atoms with van der Waals surface area (Å²) in [5.74, 6) is -1.12. The molecule has 5 N–H and O–H groups in total. The van der Waals surface area contributed by atoms with Gasteiger partial charge in [0.05, 0.1) is 23.2 Å². The van der Waals surface area contributed by atoms with E-state index in [1.807, 2.05) is 5.32 Å². The van der Waals surface area contributed by atoms with E-state index in [4.69, 9.17) is 11.5 Å². The number of halogens is 6. The second-order valence-corrected chi connectivity index (χ2v) is 6.01. The zero-order valence-corrected chi connectivity index (χ0v) is 14.0. The summed E-state index contributed by atoms with van der Waals surface area (Å²) in [6.45, 7) is 0. The van der Waals surface area contributed by atoms with Gasteiger partial charge in [-0.05, 0) is 18.2 Å². The van der Waals surface area contributed by atoms with Gasteiger partial charge in [-0.3, -0.25) is 4.79 Å². The minimum atomic E-state index is -5.01. The number of hydrogen-bond acceptors (Lipinski definition) is 4. The number of thiazole rings is 1. The maximum Gasteiger partial charge on any atom is 0.416 e. The van der Waals surface area contributed by atoms with Crippen LogP contribution in [-0.4, -0.2) is 16.9 Å². The third-order valence-corrected chi connectivity index (χ3v) is 3.76. The van der Waals surface area contributed by atoms with Crippen molar-refractivity contribution in [2.24, 2.45) is 16.5 Å². The Labute approximate surface area is 151 Å². The van der Waals surface area contributed by atoms with Crippen LogP contribution in [0, 0.1) is 0 Å². The topological polar surface area (TPSA) is 106 Å². The standard InChI is InChI=1S/C14H11F6N5OS/c15-13(16,17)6-1-7(14(18,19)20)3-8(2-6)23-10(26)4-9-5-27-12(24-9)25-11(21)22/h1-3,5H,4H2,(H,23,26)(H4,21,22,24,25). The summed E-state index contributed by atoms with van der Waals surface area (Å²) < 4.78 is 76.8. The van der Waals surface area contributed by atoms with Crippen molar-refractivity contribution in [3.05, 3.63) is 40.4 Å². The van der Waals surface area contributed by atoms with Crippen LogP contribution in [-0.2, 0) is 23.6 Å². The van der Waals surface area contributed by atoms with Crippen LogP contribution in [0.3, 0.4) is 0 Å². The second kappa shape index (κ2) is 7.42. The first-order valence-corrected chi connectivity index (χ1v) is 7.86. The Hall–Kier alpha value is -2.83. The molecule has 2 aromatic rings. The second-order valence-electron chi connectivity index (χ2n) is 5.18. The zero-order valence-electron chi connectivity index (χ0n) is 13.1. The molecule has 0 spiro atoms. The summed E-state index contributed by atoms with van der Waals surface area (Å²) in [6, 6.07) is 0.801. The number of aromatic nitrogens is 1. The van der Waals surface area contributed by atoms with Crippen LogP contribution in [0.15, 0.2) is 28.6 Å². The van der Waals surface area contributed by atoms with Crippen molar-refractivity contribution < 1.29 is 31.1 Å². The van der Waals surface area contributed by atoms with Crippen molar-refractivity contribution in [2.75, 3.05) is 5.32 Å². The lowest BCUT2D eigenvalue weighted by Gasteiger charge is -2.14. The van der Waals surface area contributed by atoms with E-state index in [0.29, 0.717) is 12.1 Å². The fourth-order valence-corrected chi connectivity index (χ4v) is 2.64. The number of carbonyl (C=O) groups excluding carboxylic acids is 1. The van der Waals surface area contributed by atoms with Crippen molar-refractivity contribution in [1.29, 1.82) is 0 Å². The van der Waals surface area contributed by atoms with Gasteiger partial charge in [0.1, 0.15) is 0 Å². The molecule has 13 heteroatoms. The number of alkyl halides is 6. The molecular formula is C14H11F6N5OS. The fourth-order valence-electron chi connectivity index (χ4n) is 1.94. The van der Waals surface area contributed by atoms with Gasteiger partial charge in [0.2, 0.25) is 11.0 Å². The normalized spacial score (nSPS) is 11.9. The maximum absolute atomic E-state index is 12.8. The summed E-state index contributed by atoms with van der Waals surface area (Å²) in [7, 11) is 0. The predicted molar refractivity (Wildman–Crippen MR) is 86.4 cm³/mol. The molecule has 0 atom stereocenters. The lowest BCUT2D eigenvalue weighted by Crippen LogP contribution is -2.21. The van der Waals surface area contributed by atoms with E-state index < -0.39 is 41.5 Å². The van der Waals surface area contributed by atoms with Crippen LogP contribution in [0.2, 0.25) is 0 Å². The first kappa shape index (κ1) is 20.5. The number of aliphatic imine (C=N–C) groups is 1. The lowest BCUT2D eigenvalue weighted by molar-refractivity contribution is -0.143. The molecule has 0 aliphatic heterocycles. The maximum atomic E-state index is 12.8. The van der Waals surface area contributed by atoms with E-state index >= 15 is 0 Å².